The van der Waals surface area contributed by atoms with E-state index in [1.165, 1.54) is 37.3 Å². The zero-order valence-electron chi connectivity index (χ0n) is 48.2. The highest BCUT2D eigenvalue weighted by Crippen LogP contribution is 2.57. The molecule has 9 rings (SSSR count). The van der Waals surface area contributed by atoms with Gasteiger partial charge in [0.15, 0.2) is 11.4 Å². The van der Waals surface area contributed by atoms with E-state index in [9.17, 15) is 53.4 Å². The number of phenols is 2. The van der Waals surface area contributed by atoms with Crippen LogP contribution >= 0.6 is 0 Å². The van der Waals surface area contributed by atoms with Gasteiger partial charge in [0.2, 0.25) is 35.4 Å². The smallest absolute Gasteiger partial charge is 0.340 e. The van der Waals surface area contributed by atoms with Crippen LogP contribution in [-0.4, -0.2) is 134 Å². The first-order chi connectivity index (χ1) is 42.1. The van der Waals surface area contributed by atoms with E-state index in [1.807, 2.05) is 6.07 Å². The van der Waals surface area contributed by atoms with Gasteiger partial charge in [-0.15, -0.1) is 0 Å². The molecule has 1 saturated carbocycles. The Morgan fingerprint density at radius 2 is 1.20 bits per heavy atom. The molecule has 22 heteroatoms. The summed E-state index contributed by atoms with van der Waals surface area (Å²) < 4.78 is 23.4. The third-order valence-electron chi connectivity index (χ3n) is 15.7. The molecule has 4 atom stereocenters. The third kappa shape index (κ3) is 15.7. The molecule has 0 radical (unpaired) electrons. The molecule has 7 amide bonds. The van der Waals surface area contributed by atoms with Crippen molar-refractivity contribution in [1.82, 2.24) is 37.2 Å². The van der Waals surface area contributed by atoms with Crippen molar-refractivity contribution >= 4 is 53.1 Å². The summed E-state index contributed by atoms with van der Waals surface area (Å²) >= 11 is 0. The lowest BCUT2D eigenvalue weighted by Crippen LogP contribution is -2.57. The van der Waals surface area contributed by atoms with Crippen LogP contribution in [0.3, 0.4) is 0 Å². The van der Waals surface area contributed by atoms with E-state index in [-0.39, 0.29) is 105 Å². The van der Waals surface area contributed by atoms with Crippen molar-refractivity contribution in [2.75, 3.05) is 46.1 Å². The second kappa shape index (κ2) is 29.1. The molecule has 1 aliphatic carbocycles. The van der Waals surface area contributed by atoms with E-state index < -0.39 is 77.1 Å². The molecule has 0 saturated heterocycles. The predicted molar refractivity (Wildman–Crippen MR) is 316 cm³/mol. The average Bonchev–Trinajstić information content (AvgIpc) is 1.63. The third-order valence-corrected chi connectivity index (χ3v) is 15.7. The minimum atomic E-state index is -1.47. The Morgan fingerprint density at radius 3 is 1.87 bits per heavy atom. The Hall–Kier alpha value is -9.41. The van der Waals surface area contributed by atoms with Crippen molar-refractivity contribution < 1.29 is 72.3 Å². The van der Waals surface area contributed by atoms with E-state index in [1.54, 1.807) is 72.8 Å². The van der Waals surface area contributed by atoms with Gasteiger partial charge in [-0.1, -0.05) is 92.8 Å². The Balaban J connectivity index is 0.749. The van der Waals surface area contributed by atoms with Gasteiger partial charge in [0.1, 0.15) is 47.2 Å². The van der Waals surface area contributed by atoms with Crippen LogP contribution in [0.4, 0.5) is 0 Å². The van der Waals surface area contributed by atoms with E-state index in [2.05, 4.69) is 37.2 Å². The molecule has 0 aromatic heterocycles. The lowest BCUT2D eigenvalue weighted by atomic mass is 9.77. The molecular weight excluding hydrogens is 1120 g/mol. The summed E-state index contributed by atoms with van der Waals surface area (Å²) in [5, 5.41) is 39.7. The highest BCUT2D eigenvalue weighted by Gasteiger charge is 2.54. The van der Waals surface area contributed by atoms with Crippen LogP contribution < -0.4 is 42.0 Å². The molecule has 0 unspecified atom stereocenters. The first-order valence-corrected chi connectivity index (χ1v) is 29.4. The Labute approximate surface area is 502 Å². The lowest BCUT2D eigenvalue weighted by Gasteiger charge is -2.36. The number of amides is 7. The van der Waals surface area contributed by atoms with Crippen molar-refractivity contribution in [1.29, 1.82) is 0 Å². The van der Waals surface area contributed by atoms with E-state index in [0.29, 0.717) is 52.6 Å². The summed E-state index contributed by atoms with van der Waals surface area (Å²) in [5.41, 5.74) is 1.88. The minimum Gasteiger partial charge on any atom is -0.508 e. The van der Waals surface area contributed by atoms with Gasteiger partial charge < -0.3 is 66.4 Å². The summed E-state index contributed by atoms with van der Waals surface area (Å²) in [6.45, 7) is 2.27. The summed E-state index contributed by atoms with van der Waals surface area (Å²) in [6, 6.07) is 24.8. The lowest BCUT2D eigenvalue weighted by molar-refractivity contribution is -0.133. The molecule has 0 bridgehead atoms. The molecule has 4 aliphatic rings. The number of carbonyl (C=O) groups excluding carboxylic acids is 9. The molecule has 456 valence electrons. The van der Waals surface area contributed by atoms with Crippen LogP contribution in [0.25, 0.3) is 0 Å². The highest BCUT2D eigenvalue weighted by atomic mass is 16.6. The zero-order chi connectivity index (χ0) is 61.5. The van der Waals surface area contributed by atoms with Crippen molar-refractivity contribution in [3.63, 3.8) is 0 Å². The number of ether oxygens (including phenoxy) is 4. The second-order valence-corrected chi connectivity index (χ2v) is 21.9. The molecule has 5 aromatic carbocycles. The monoisotopic (exact) mass is 1190 g/mol. The molecular formula is C65H71N7O15. The number of benzene rings is 5. The van der Waals surface area contributed by atoms with Crippen molar-refractivity contribution in [2.45, 2.75) is 101 Å². The first kappa shape index (κ1) is 62.1. The number of nitrogens with one attached hydrogen (secondary N) is 7. The Bertz CT molecular complexity index is 3350. The van der Waals surface area contributed by atoms with E-state index in [4.69, 9.17) is 18.9 Å². The van der Waals surface area contributed by atoms with Crippen LogP contribution in [0, 0.1) is 5.92 Å². The SMILES string of the molecule is C[C@@H]1NC(=O)/C=C/C(=O)N[C@H](C(=O)NCCOCCOCCNC(=O)c2ccc3c(c2)C(=O)OC32c3ccc(O)cc3Oc3cc(O)ccc32)CCCCNC(=O)[C@@H](Cc2ccc(C(=O)c3ccccc3)cc2)NC(=O)[C@H](CC2CCCCC2)NC1=O. The number of hydrogen-bond acceptors (Lipinski definition) is 15. The van der Waals surface area contributed by atoms with Gasteiger partial charge in [0, 0.05) is 83.7 Å². The summed E-state index contributed by atoms with van der Waals surface area (Å²) in [5.74, 6) is -4.61. The number of aromatic hydroxyl groups is 2. The average molecular weight is 1190 g/mol. The van der Waals surface area contributed by atoms with Gasteiger partial charge in [-0.25, -0.2) is 4.79 Å². The van der Waals surface area contributed by atoms with Crippen LogP contribution in [0.2, 0.25) is 0 Å². The number of phenolic OH excluding ortho intramolecular Hbond substituents is 2. The summed E-state index contributed by atoms with van der Waals surface area (Å²) in [7, 11) is 0. The Kier molecular flexibility index (Phi) is 20.8. The minimum absolute atomic E-state index is 0.0569. The molecule has 9 N–H and O–H groups in total. The van der Waals surface area contributed by atoms with Crippen LogP contribution in [-0.2, 0) is 55.0 Å². The van der Waals surface area contributed by atoms with Crippen LogP contribution in [0.5, 0.6) is 23.0 Å². The molecule has 1 spiro atoms. The summed E-state index contributed by atoms with van der Waals surface area (Å²) in [4.78, 5) is 121. The quantitative estimate of drug-likeness (QED) is 0.0343. The van der Waals surface area contributed by atoms with E-state index >= 15 is 0 Å². The van der Waals surface area contributed by atoms with Gasteiger partial charge in [-0.3, -0.25) is 38.4 Å². The Morgan fingerprint density at radius 1 is 0.598 bits per heavy atom. The highest BCUT2D eigenvalue weighted by molar-refractivity contribution is 6.09. The van der Waals surface area contributed by atoms with Gasteiger partial charge in [0.25, 0.3) is 5.91 Å². The van der Waals surface area contributed by atoms with Crippen molar-refractivity contribution in [3.8, 4) is 23.0 Å². The van der Waals surface area contributed by atoms with Crippen molar-refractivity contribution in [2.24, 2.45) is 5.92 Å². The molecule has 1 fully saturated rings. The second-order valence-electron chi connectivity index (χ2n) is 21.9. The fourth-order valence-electron chi connectivity index (χ4n) is 11.2. The first-order valence-electron chi connectivity index (χ1n) is 29.4. The van der Waals surface area contributed by atoms with E-state index in [0.717, 1.165) is 44.3 Å². The fourth-order valence-corrected chi connectivity index (χ4v) is 11.2. The normalized spacial score (nSPS) is 20.3. The maximum Gasteiger partial charge on any atom is 0.340 e. The van der Waals surface area contributed by atoms with Crippen LogP contribution in [0.15, 0.2) is 121 Å². The van der Waals surface area contributed by atoms with Gasteiger partial charge in [0.05, 0.1) is 32.0 Å². The number of carbonyl (C=O) groups is 9. The molecule has 3 aliphatic heterocycles. The van der Waals surface area contributed by atoms with Crippen LogP contribution in [0.1, 0.15) is 124 Å². The van der Waals surface area contributed by atoms with Crippen molar-refractivity contribution in [3.05, 3.63) is 166 Å². The fraction of sp³-hybridized carbons (Fsp3) is 0.369. The maximum absolute atomic E-state index is 14.2. The molecule has 3 heterocycles. The number of ketones is 1. The zero-order valence-corrected chi connectivity index (χ0v) is 48.2. The van der Waals surface area contributed by atoms with Gasteiger partial charge >= 0.3 is 5.97 Å². The topological polar surface area (TPSA) is 315 Å². The predicted octanol–water partition coefficient (Wildman–Crippen LogP) is 4.80. The number of rotatable bonds is 17. The molecule has 5 aromatic rings. The number of fused-ring (bicyclic) bond motifs is 6. The maximum atomic E-state index is 14.2. The molecule has 22 nitrogen and oxygen atoms in total. The van der Waals surface area contributed by atoms with Gasteiger partial charge in [-0.2, -0.15) is 0 Å². The number of hydrogen-bond donors (Lipinski definition) is 9. The largest absolute Gasteiger partial charge is 0.508 e. The van der Waals surface area contributed by atoms with Gasteiger partial charge in [-0.05, 0) is 80.5 Å². The molecule has 87 heavy (non-hydrogen) atoms. The standard InChI is InChI=1S/C65H71N7O15/c1-39-59(78)71-53(34-40-10-4-2-5-11-40)63(82)72-52(35-41-15-17-43(18-16-41)58(77)42-12-6-3-7-13-42)62(81)66-27-9-8-14-51(70-57(76)26-25-56(75)69-39)61(80)68-29-31-85-33-32-84-30-28-67-60(79)44-19-22-48-47(36-44)64(83)87-65(48)49-23-20-45(73)37-54(49)86-55-38-46(74)21-24-50(55)65/h3,6-7,12-13,15-26,36-40,51-53,73-74H,2,4-5,8-11,14,27-35H2,1H3,(H,66,81)(H,67,79)(H,68,80)(H,69,75)(H,70,76)(H,71,78)(H,72,82)/b26-25+/t39-,51-,52+,53-/m0/s1. The summed E-state index contributed by atoms with van der Waals surface area (Å²) in [6.07, 6.45) is 7.97. The number of esters is 1.